The first-order valence-corrected chi connectivity index (χ1v) is 7.33. The molecule has 6 heteroatoms. The van der Waals surface area contributed by atoms with Gasteiger partial charge in [-0.25, -0.2) is 4.98 Å². The van der Waals surface area contributed by atoms with E-state index in [1.807, 2.05) is 34.9 Å². The van der Waals surface area contributed by atoms with Crippen molar-refractivity contribution in [3.63, 3.8) is 0 Å². The van der Waals surface area contributed by atoms with Crippen molar-refractivity contribution < 1.29 is 9.63 Å². The highest BCUT2D eigenvalue weighted by Crippen LogP contribution is 2.20. The zero-order valence-electron chi connectivity index (χ0n) is 12.4. The molecule has 1 atom stereocenters. The molecule has 0 saturated carbocycles. The van der Waals surface area contributed by atoms with Gasteiger partial charge < -0.3 is 14.2 Å². The Labute approximate surface area is 128 Å². The molecule has 2 heterocycles. The Morgan fingerprint density at radius 1 is 1.27 bits per heavy atom. The minimum absolute atomic E-state index is 0.423. The van der Waals surface area contributed by atoms with E-state index < -0.39 is 6.10 Å². The molecule has 3 rings (SSSR count). The third-order valence-corrected chi connectivity index (χ3v) is 3.39. The first-order valence-electron chi connectivity index (χ1n) is 7.33. The van der Waals surface area contributed by atoms with Crippen LogP contribution in [0.2, 0.25) is 0 Å². The highest BCUT2D eigenvalue weighted by atomic mass is 16.5. The lowest BCUT2D eigenvalue weighted by atomic mass is 10.1. The van der Waals surface area contributed by atoms with Gasteiger partial charge in [0.2, 0.25) is 5.89 Å². The van der Waals surface area contributed by atoms with Crippen molar-refractivity contribution in [2.24, 2.45) is 0 Å². The van der Waals surface area contributed by atoms with Gasteiger partial charge >= 0.3 is 0 Å². The number of nitrogens with zero attached hydrogens (tertiary/aromatic N) is 4. The highest BCUT2D eigenvalue weighted by molar-refractivity contribution is 5.23. The molecule has 0 aliphatic heterocycles. The molecule has 0 aliphatic rings. The van der Waals surface area contributed by atoms with Crippen LogP contribution in [0.15, 0.2) is 47.2 Å². The van der Waals surface area contributed by atoms with Gasteiger partial charge in [-0.1, -0.05) is 42.4 Å². The van der Waals surface area contributed by atoms with Crippen LogP contribution >= 0.6 is 0 Å². The van der Waals surface area contributed by atoms with Crippen LogP contribution in [0, 0.1) is 0 Å². The highest BCUT2D eigenvalue weighted by Gasteiger charge is 2.17. The van der Waals surface area contributed by atoms with E-state index in [9.17, 15) is 5.11 Å². The third-order valence-electron chi connectivity index (χ3n) is 3.39. The van der Waals surface area contributed by atoms with Gasteiger partial charge in [0.1, 0.15) is 11.9 Å². The van der Waals surface area contributed by atoms with E-state index in [-0.39, 0.29) is 0 Å². The average molecular weight is 298 g/mol. The van der Waals surface area contributed by atoms with Crippen LogP contribution in [0.5, 0.6) is 0 Å². The van der Waals surface area contributed by atoms with Crippen LogP contribution in [0.4, 0.5) is 0 Å². The van der Waals surface area contributed by atoms with Gasteiger partial charge in [0, 0.05) is 18.8 Å². The molecule has 0 radical (unpaired) electrons. The summed E-state index contributed by atoms with van der Waals surface area (Å²) in [6, 6.07) is 9.44. The number of aromatic nitrogens is 4. The molecule has 0 fully saturated rings. The predicted molar refractivity (Wildman–Crippen MR) is 80.1 cm³/mol. The zero-order valence-corrected chi connectivity index (χ0v) is 12.4. The summed E-state index contributed by atoms with van der Waals surface area (Å²) in [5.41, 5.74) is 0.801. The predicted octanol–water partition coefficient (Wildman–Crippen LogP) is 2.35. The summed E-state index contributed by atoms with van der Waals surface area (Å²) in [5.74, 6) is 1.79. The van der Waals surface area contributed by atoms with Crippen LogP contribution in [0.1, 0.15) is 42.6 Å². The van der Waals surface area contributed by atoms with Gasteiger partial charge in [-0.05, 0) is 12.0 Å². The van der Waals surface area contributed by atoms with E-state index in [2.05, 4.69) is 22.0 Å². The normalized spacial score (nSPS) is 12.5. The number of imidazole rings is 1. The molecule has 0 spiro atoms. The topological polar surface area (TPSA) is 77.0 Å². The second-order valence-corrected chi connectivity index (χ2v) is 5.08. The van der Waals surface area contributed by atoms with Gasteiger partial charge in [0.25, 0.3) is 0 Å². The monoisotopic (exact) mass is 298 g/mol. The quantitative estimate of drug-likeness (QED) is 0.756. The molecule has 6 nitrogen and oxygen atoms in total. The fourth-order valence-corrected chi connectivity index (χ4v) is 2.31. The fourth-order valence-electron chi connectivity index (χ4n) is 2.31. The zero-order chi connectivity index (χ0) is 15.4. The fraction of sp³-hybridized carbons (Fsp3) is 0.312. The summed E-state index contributed by atoms with van der Waals surface area (Å²) in [4.78, 5) is 8.60. The molecule has 1 aromatic carbocycles. The second kappa shape index (κ2) is 6.53. The van der Waals surface area contributed by atoms with Crippen molar-refractivity contribution >= 4 is 0 Å². The Bertz CT molecular complexity index is 721. The Balaban J connectivity index is 1.79. The Kier molecular flexibility index (Phi) is 4.29. The number of hydrogen-bond donors (Lipinski definition) is 1. The summed E-state index contributed by atoms with van der Waals surface area (Å²) < 4.78 is 7.01. The lowest BCUT2D eigenvalue weighted by molar-refractivity contribution is 0.205. The molecule has 0 bridgehead atoms. The molecule has 0 saturated heterocycles. The second-order valence-electron chi connectivity index (χ2n) is 5.08. The summed E-state index contributed by atoms with van der Waals surface area (Å²) >= 11 is 0. The third kappa shape index (κ3) is 3.07. The lowest BCUT2D eigenvalue weighted by Crippen LogP contribution is -2.11. The van der Waals surface area contributed by atoms with Crippen molar-refractivity contribution in [1.82, 2.24) is 19.7 Å². The smallest absolute Gasteiger partial charge is 0.226 e. The van der Waals surface area contributed by atoms with Crippen LogP contribution in [0.3, 0.4) is 0 Å². The van der Waals surface area contributed by atoms with Crippen LogP contribution < -0.4 is 0 Å². The number of hydrogen-bond acceptors (Lipinski definition) is 5. The molecule has 1 N–H and O–H groups in total. The molecule has 0 aliphatic carbocycles. The van der Waals surface area contributed by atoms with Crippen molar-refractivity contribution in [3.05, 3.63) is 65.8 Å². The van der Waals surface area contributed by atoms with Crippen LogP contribution in [-0.2, 0) is 13.0 Å². The minimum Gasteiger partial charge on any atom is -0.380 e. The SMILES string of the molecule is CCCc1nc(Cn2ccnc2[C@@H](O)c2ccccc2)no1. The number of aryl methyl sites for hydroxylation is 1. The maximum absolute atomic E-state index is 10.5. The Hall–Kier alpha value is -2.47. The summed E-state index contributed by atoms with van der Waals surface area (Å²) in [5, 5.41) is 14.4. The van der Waals surface area contributed by atoms with E-state index in [4.69, 9.17) is 4.52 Å². The van der Waals surface area contributed by atoms with Crippen LogP contribution in [0.25, 0.3) is 0 Å². The van der Waals surface area contributed by atoms with E-state index in [1.54, 1.807) is 12.4 Å². The average Bonchev–Trinajstić information content (AvgIpc) is 3.18. The number of aliphatic hydroxyl groups is 1. The number of aliphatic hydroxyl groups excluding tert-OH is 1. The van der Waals surface area contributed by atoms with E-state index in [1.165, 1.54) is 0 Å². The summed E-state index contributed by atoms with van der Waals surface area (Å²) in [6.45, 7) is 2.49. The number of rotatable bonds is 6. The van der Waals surface area contributed by atoms with E-state index in [0.29, 0.717) is 24.1 Å². The van der Waals surface area contributed by atoms with E-state index in [0.717, 1.165) is 18.4 Å². The molecule has 114 valence electrons. The lowest BCUT2D eigenvalue weighted by Gasteiger charge is -2.12. The van der Waals surface area contributed by atoms with Gasteiger partial charge in [0.05, 0.1) is 6.54 Å². The minimum atomic E-state index is -0.779. The molecule has 2 aromatic heterocycles. The van der Waals surface area contributed by atoms with Crippen molar-refractivity contribution in [2.45, 2.75) is 32.4 Å². The number of benzene rings is 1. The molecule has 0 amide bonds. The molecular formula is C16H18N4O2. The van der Waals surface area contributed by atoms with Gasteiger partial charge in [0.15, 0.2) is 5.82 Å². The first kappa shape index (κ1) is 14.5. The first-order chi connectivity index (χ1) is 10.8. The summed E-state index contributed by atoms with van der Waals surface area (Å²) in [7, 11) is 0. The van der Waals surface area contributed by atoms with Crippen LogP contribution in [-0.4, -0.2) is 24.8 Å². The van der Waals surface area contributed by atoms with E-state index >= 15 is 0 Å². The largest absolute Gasteiger partial charge is 0.380 e. The van der Waals surface area contributed by atoms with Crippen molar-refractivity contribution in [1.29, 1.82) is 0 Å². The maximum atomic E-state index is 10.5. The standard InChI is InChI=1S/C16H18N4O2/c1-2-6-14-18-13(19-22-14)11-20-10-9-17-16(20)15(21)12-7-4-3-5-8-12/h3-5,7-10,15,21H,2,6,11H2,1H3/t15-/m0/s1. The molecule has 0 unspecified atom stereocenters. The Morgan fingerprint density at radius 2 is 2.09 bits per heavy atom. The van der Waals surface area contributed by atoms with Gasteiger partial charge in [-0.3, -0.25) is 0 Å². The molecule has 22 heavy (non-hydrogen) atoms. The summed E-state index contributed by atoms with van der Waals surface area (Å²) in [6.07, 6.45) is 4.42. The molecule has 3 aromatic rings. The molecular weight excluding hydrogens is 280 g/mol. The van der Waals surface area contributed by atoms with Crippen molar-refractivity contribution in [2.75, 3.05) is 0 Å². The maximum Gasteiger partial charge on any atom is 0.226 e. The van der Waals surface area contributed by atoms with Gasteiger partial charge in [-0.15, -0.1) is 0 Å². The van der Waals surface area contributed by atoms with Gasteiger partial charge in [-0.2, -0.15) is 4.98 Å². The van der Waals surface area contributed by atoms with Crippen molar-refractivity contribution in [3.8, 4) is 0 Å². The Morgan fingerprint density at radius 3 is 2.86 bits per heavy atom.